The highest BCUT2D eigenvalue weighted by atomic mass is 16.2. The van der Waals surface area contributed by atoms with Crippen LogP contribution >= 0.6 is 0 Å². The summed E-state index contributed by atoms with van der Waals surface area (Å²) in [6.45, 7) is 0.911. The maximum absolute atomic E-state index is 14.0. The van der Waals surface area contributed by atoms with Gasteiger partial charge in [-0.1, -0.05) is 79.2 Å². The van der Waals surface area contributed by atoms with E-state index in [1.807, 2.05) is 65.6 Å². The van der Waals surface area contributed by atoms with Gasteiger partial charge in [-0.15, -0.1) is 0 Å². The Kier molecular flexibility index (Phi) is 7.24. The number of hydrogen-bond donors (Lipinski definition) is 0. The Balaban J connectivity index is 1.38. The first-order chi connectivity index (χ1) is 17.3. The van der Waals surface area contributed by atoms with E-state index >= 15 is 0 Å². The van der Waals surface area contributed by atoms with Crippen LogP contribution in [0.4, 0.5) is 22.7 Å². The zero-order valence-corrected chi connectivity index (χ0v) is 20.0. The number of para-hydroxylation sites is 4. The SMILES string of the molecule is O=C(C1CCCC(CN(c2ccccc2)c2ccccc2)C1)N(c1ccccc1)c1ccccc1. The first-order valence-corrected chi connectivity index (χ1v) is 12.6. The van der Waals surface area contributed by atoms with E-state index in [4.69, 9.17) is 0 Å². The first kappa shape index (κ1) is 22.9. The molecule has 4 aromatic carbocycles. The van der Waals surface area contributed by atoms with Crippen LogP contribution in [0.1, 0.15) is 25.7 Å². The lowest BCUT2D eigenvalue weighted by Crippen LogP contribution is -2.37. The van der Waals surface area contributed by atoms with Gasteiger partial charge >= 0.3 is 0 Å². The Hall–Kier alpha value is -3.85. The number of hydrogen-bond acceptors (Lipinski definition) is 2. The summed E-state index contributed by atoms with van der Waals surface area (Å²) in [5.41, 5.74) is 4.26. The lowest BCUT2D eigenvalue weighted by molar-refractivity contribution is -0.123. The average Bonchev–Trinajstić information content (AvgIpc) is 2.94. The molecule has 4 aromatic rings. The maximum atomic E-state index is 14.0. The second-order valence-corrected chi connectivity index (χ2v) is 9.36. The predicted molar refractivity (Wildman–Crippen MR) is 145 cm³/mol. The molecule has 5 rings (SSSR count). The van der Waals surface area contributed by atoms with Gasteiger partial charge < -0.3 is 4.90 Å². The summed E-state index contributed by atoms with van der Waals surface area (Å²) in [6, 6.07) is 41.3. The van der Waals surface area contributed by atoms with Crippen molar-refractivity contribution in [2.24, 2.45) is 11.8 Å². The number of nitrogens with zero attached hydrogens (tertiary/aromatic N) is 2. The quantitative estimate of drug-likeness (QED) is 0.279. The van der Waals surface area contributed by atoms with Gasteiger partial charge in [-0.2, -0.15) is 0 Å². The standard InChI is InChI=1S/C32H32N2O/c35-32(34(30-20-9-3-10-21-30)31-22-11-4-12-23-31)27-15-13-14-26(24-27)25-33(28-16-5-1-6-17-28)29-18-7-2-8-19-29/h1-12,16-23,26-27H,13-15,24-25H2. The van der Waals surface area contributed by atoms with Gasteiger partial charge in [0.15, 0.2) is 0 Å². The number of benzene rings is 4. The van der Waals surface area contributed by atoms with Crippen molar-refractivity contribution < 1.29 is 4.79 Å². The van der Waals surface area contributed by atoms with Gasteiger partial charge in [0.2, 0.25) is 5.91 Å². The second kappa shape index (κ2) is 11.1. The summed E-state index contributed by atoms with van der Waals surface area (Å²) in [5, 5.41) is 0. The van der Waals surface area contributed by atoms with Gasteiger partial charge in [0.25, 0.3) is 0 Å². The third-order valence-corrected chi connectivity index (χ3v) is 6.96. The van der Waals surface area contributed by atoms with E-state index in [0.29, 0.717) is 5.92 Å². The Bertz CT molecular complexity index is 1120. The minimum Gasteiger partial charge on any atom is -0.341 e. The van der Waals surface area contributed by atoms with Crippen molar-refractivity contribution in [3.8, 4) is 0 Å². The molecule has 3 nitrogen and oxygen atoms in total. The summed E-state index contributed by atoms with van der Waals surface area (Å²) in [7, 11) is 0. The molecule has 0 spiro atoms. The highest BCUT2D eigenvalue weighted by Gasteiger charge is 2.32. The Morgan fingerprint density at radius 1 is 0.600 bits per heavy atom. The second-order valence-electron chi connectivity index (χ2n) is 9.36. The monoisotopic (exact) mass is 460 g/mol. The molecule has 0 saturated heterocycles. The van der Waals surface area contributed by atoms with Crippen molar-refractivity contribution >= 4 is 28.7 Å². The van der Waals surface area contributed by atoms with Crippen molar-refractivity contribution in [1.82, 2.24) is 0 Å². The van der Waals surface area contributed by atoms with E-state index in [2.05, 4.69) is 65.6 Å². The normalized spacial score (nSPS) is 17.5. The van der Waals surface area contributed by atoms with Gasteiger partial charge in [0.1, 0.15) is 0 Å². The van der Waals surface area contributed by atoms with Crippen LogP contribution in [0.2, 0.25) is 0 Å². The van der Waals surface area contributed by atoms with Crippen molar-refractivity contribution in [3.05, 3.63) is 121 Å². The minimum absolute atomic E-state index is 0.0163. The van der Waals surface area contributed by atoms with Gasteiger partial charge in [-0.05, 0) is 73.7 Å². The molecule has 2 atom stereocenters. The molecule has 0 heterocycles. The smallest absolute Gasteiger partial charge is 0.234 e. The lowest BCUT2D eigenvalue weighted by Gasteiger charge is -2.36. The molecular formula is C32H32N2O. The molecule has 2 unspecified atom stereocenters. The van der Waals surface area contributed by atoms with Crippen LogP contribution in [0.25, 0.3) is 0 Å². The van der Waals surface area contributed by atoms with E-state index in [0.717, 1.165) is 43.6 Å². The zero-order valence-electron chi connectivity index (χ0n) is 20.0. The zero-order chi connectivity index (χ0) is 23.9. The van der Waals surface area contributed by atoms with E-state index in [1.165, 1.54) is 11.4 Å². The van der Waals surface area contributed by atoms with Crippen molar-refractivity contribution in [2.45, 2.75) is 25.7 Å². The fourth-order valence-electron chi connectivity index (χ4n) is 5.26. The molecule has 0 aliphatic heterocycles. The molecule has 1 aliphatic rings. The van der Waals surface area contributed by atoms with Crippen LogP contribution in [-0.2, 0) is 4.79 Å². The molecule has 1 aliphatic carbocycles. The number of amides is 1. The first-order valence-electron chi connectivity index (χ1n) is 12.6. The van der Waals surface area contributed by atoms with E-state index in [9.17, 15) is 4.79 Å². The third-order valence-electron chi connectivity index (χ3n) is 6.96. The van der Waals surface area contributed by atoms with E-state index < -0.39 is 0 Å². The summed E-state index contributed by atoms with van der Waals surface area (Å²) < 4.78 is 0. The molecular weight excluding hydrogens is 428 g/mol. The Labute approximate surface area is 208 Å². The molecule has 0 N–H and O–H groups in total. The van der Waals surface area contributed by atoms with Gasteiger partial charge in [-0.3, -0.25) is 9.69 Å². The highest BCUT2D eigenvalue weighted by Crippen LogP contribution is 2.37. The Morgan fingerprint density at radius 3 is 1.49 bits per heavy atom. The molecule has 0 bridgehead atoms. The van der Waals surface area contributed by atoms with Crippen molar-refractivity contribution in [2.75, 3.05) is 16.3 Å². The predicted octanol–water partition coefficient (Wildman–Crippen LogP) is 8.00. The molecule has 1 fully saturated rings. The van der Waals surface area contributed by atoms with Crippen LogP contribution in [0, 0.1) is 11.8 Å². The summed E-state index contributed by atoms with van der Waals surface area (Å²) >= 11 is 0. The number of rotatable bonds is 7. The van der Waals surface area contributed by atoms with Gasteiger partial charge in [0.05, 0.1) is 0 Å². The van der Waals surface area contributed by atoms with Crippen LogP contribution in [0.5, 0.6) is 0 Å². The molecule has 1 amide bonds. The average molecular weight is 461 g/mol. The molecule has 3 heteroatoms. The van der Waals surface area contributed by atoms with Crippen LogP contribution in [0.15, 0.2) is 121 Å². The fourth-order valence-corrected chi connectivity index (χ4v) is 5.26. The molecule has 35 heavy (non-hydrogen) atoms. The molecule has 1 saturated carbocycles. The van der Waals surface area contributed by atoms with Crippen LogP contribution < -0.4 is 9.80 Å². The van der Waals surface area contributed by atoms with Crippen molar-refractivity contribution in [3.63, 3.8) is 0 Å². The van der Waals surface area contributed by atoms with Crippen LogP contribution in [-0.4, -0.2) is 12.5 Å². The van der Waals surface area contributed by atoms with Gasteiger partial charge in [-0.25, -0.2) is 0 Å². The number of anilines is 4. The number of carbonyl (C=O) groups is 1. The Morgan fingerprint density at radius 2 is 1.03 bits per heavy atom. The highest BCUT2D eigenvalue weighted by molar-refractivity contribution is 6.01. The third kappa shape index (κ3) is 5.46. The summed E-state index contributed by atoms with van der Waals surface area (Å²) in [5.74, 6) is 0.673. The molecule has 176 valence electrons. The lowest BCUT2D eigenvalue weighted by atomic mass is 9.80. The minimum atomic E-state index is 0.0163. The van der Waals surface area contributed by atoms with E-state index in [-0.39, 0.29) is 11.8 Å². The number of carbonyl (C=O) groups excluding carboxylic acids is 1. The summed E-state index contributed by atoms with van der Waals surface area (Å²) in [6.07, 6.45) is 4.08. The fraction of sp³-hybridized carbons (Fsp3) is 0.219. The van der Waals surface area contributed by atoms with Gasteiger partial charge in [0, 0.05) is 35.2 Å². The van der Waals surface area contributed by atoms with Crippen molar-refractivity contribution in [1.29, 1.82) is 0 Å². The largest absolute Gasteiger partial charge is 0.341 e. The molecule has 0 radical (unpaired) electrons. The van der Waals surface area contributed by atoms with Crippen LogP contribution in [0.3, 0.4) is 0 Å². The maximum Gasteiger partial charge on any atom is 0.234 e. The topological polar surface area (TPSA) is 23.6 Å². The van der Waals surface area contributed by atoms with E-state index in [1.54, 1.807) is 0 Å². The molecule has 0 aromatic heterocycles. The summed E-state index contributed by atoms with van der Waals surface area (Å²) in [4.78, 5) is 18.3.